The van der Waals surface area contributed by atoms with Crippen LogP contribution in [0.2, 0.25) is 0 Å². The summed E-state index contributed by atoms with van der Waals surface area (Å²) in [5.74, 6) is 5.27. The molecule has 0 bridgehead atoms. The second-order valence-electron chi connectivity index (χ2n) is 14.6. The molecule has 4 rings (SSSR count). The molecule has 3 heteroatoms. The maximum absolute atomic E-state index is 12.4. The summed E-state index contributed by atoms with van der Waals surface area (Å²) in [6, 6.07) is 0. The zero-order valence-electron chi connectivity index (χ0n) is 24.8. The maximum Gasteiger partial charge on any atom is 0.306 e. The van der Waals surface area contributed by atoms with Gasteiger partial charge >= 0.3 is 5.97 Å². The average molecular weight is 500 g/mol. The molecule has 0 radical (unpaired) electrons. The van der Waals surface area contributed by atoms with Gasteiger partial charge in [-0.3, -0.25) is 4.79 Å². The van der Waals surface area contributed by atoms with E-state index in [9.17, 15) is 4.79 Å². The number of carbonyl (C=O) groups is 1. The zero-order valence-corrected chi connectivity index (χ0v) is 24.8. The fourth-order valence-corrected chi connectivity index (χ4v) is 9.54. The molecule has 4 aliphatic carbocycles. The Morgan fingerprint density at radius 3 is 2.53 bits per heavy atom. The lowest BCUT2D eigenvalue weighted by atomic mass is 9.47. The molecule has 206 valence electrons. The van der Waals surface area contributed by atoms with E-state index in [1.807, 2.05) is 0 Å². The first-order valence-corrected chi connectivity index (χ1v) is 15.6. The minimum absolute atomic E-state index is 0.00711. The summed E-state index contributed by atoms with van der Waals surface area (Å²) in [7, 11) is 4.12. The van der Waals surface area contributed by atoms with Gasteiger partial charge in [0.2, 0.25) is 0 Å². The molecule has 3 nitrogen and oxygen atoms in total. The van der Waals surface area contributed by atoms with Crippen LogP contribution in [0.1, 0.15) is 118 Å². The Bertz CT molecular complexity index is 787. The first-order chi connectivity index (χ1) is 17.0. The highest BCUT2D eigenvalue weighted by molar-refractivity contribution is 5.69. The third-order valence-electron chi connectivity index (χ3n) is 11.5. The molecule has 1 unspecified atom stereocenters. The first-order valence-electron chi connectivity index (χ1n) is 15.6. The van der Waals surface area contributed by atoms with Crippen molar-refractivity contribution in [3.63, 3.8) is 0 Å². The molecule has 0 N–H and O–H groups in total. The van der Waals surface area contributed by atoms with E-state index in [-0.39, 0.29) is 12.1 Å². The maximum atomic E-state index is 12.4. The monoisotopic (exact) mass is 499 g/mol. The first kappa shape index (κ1) is 28.2. The lowest BCUT2D eigenvalue weighted by molar-refractivity contribution is -0.151. The van der Waals surface area contributed by atoms with Crippen molar-refractivity contribution >= 4 is 5.97 Å². The van der Waals surface area contributed by atoms with Crippen LogP contribution in [-0.2, 0) is 9.53 Å². The van der Waals surface area contributed by atoms with Gasteiger partial charge in [-0.2, -0.15) is 0 Å². The summed E-state index contributed by atoms with van der Waals surface area (Å²) in [6.45, 7) is 13.5. The Kier molecular flexibility index (Phi) is 9.01. The standard InChI is InChI=1S/C33H57NO2/c1-23(2)10-8-11-24(3)28-15-16-29-27-14-13-25-22-26(36-31(35)12-9-21-34(6)7)17-19-32(25,4)30(27)18-20-33(28,29)5/h13,23-24,26-30H,8-12,14-22H2,1-7H3/t24-,26+,27+,28-,29+,30+,32?,33-/m1/s1. The number of esters is 1. The third-order valence-corrected chi connectivity index (χ3v) is 11.5. The normalized spacial score (nSPS) is 38.8. The third kappa shape index (κ3) is 5.76. The van der Waals surface area contributed by atoms with E-state index in [0.29, 0.717) is 17.3 Å². The Morgan fingerprint density at radius 2 is 1.81 bits per heavy atom. The molecule has 36 heavy (non-hydrogen) atoms. The van der Waals surface area contributed by atoms with Gasteiger partial charge in [-0.05, 0) is 118 Å². The second-order valence-corrected chi connectivity index (χ2v) is 14.6. The van der Waals surface area contributed by atoms with E-state index in [1.54, 1.807) is 5.57 Å². The summed E-state index contributed by atoms with van der Waals surface area (Å²) in [5, 5.41) is 0. The number of hydrogen-bond acceptors (Lipinski definition) is 3. The van der Waals surface area contributed by atoms with Crippen molar-refractivity contribution in [3.05, 3.63) is 11.6 Å². The van der Waals surface area contributed by atoms with Gasteiger partial charge < -0.3 is 9.64 Å². The average Bonchev–Trinajstić information content (AvgIpc) is 3.16. The van der Waals surface area contributed by atoms with Crippen LogP contribution in [0.15, 0.2) is 11.6 Å². The van der Waals surface area contributed by atoms with Crippen molar-refractivity contribution in [1.29, 1.82) is 0 Å². The topological polar surface area (TPSA) is 29.5 Å². The molecule has 0 aromatic carbocycles. The summed E-state index contributed by atoms with van der Waals surface area (Å²) in [5.41, 5.74) is 2.51. The summed E-state index contributed by atoms with van der Waals surface area (Å²) < 4.78 is 5.98. The molecule has 0 aromatic heterocycles. The smallest absolute Gasteiger partial charge is 0.306 e. The number of ether oxygens (including phenoxy) is 1. The van der Waals surface area contributed by atoms with Crippen molar-refractivity contribution in [2.75, 3.05) is 20.6 Å². The second kappa shape index (κ2) is 11.5. The molecule has 0 spiro atoms. The van der Waals surface area contributed by atoms with Gasteiger partial charge in [-0.25, -0.2) is 0 Å². The summed E-state index contributed by atoms with van der Waals surface area (Å²) >= 11 is 0. The fourth-order valence-electron chi connectivity index (χ4n) is 9.54. The van der Waals surface area contributed by atoms with Crippen molar-refractivity contribution in [1.82, 2.24) is 4.90 Å². The van der Waals surface area contributed by atoms with Gasteiger partial charge in [0.25, 0.3) is 0 Å². The minimum Gasteiger partial charge on any atom is -0.462 e. The van der Waals surface area contributed by atoms with E-state index in [1.165, 1.54) is 57.8 Å². The highest BCUT2D eigenvalue weighted by Crippen LogP contribution is 2.67. The van der Waals surface area contributed by atoms with Crippen LogP contribution in [0, 0.1) is 46.3 Å². The largest absolute Gasteiger partial charge is 0.462 e. The lowest BCUT2D eigenvalue weighted by Gasteiger charge is -2.58. The SMILES string of the molecule is CC(C)CCC[C@@H](C)[C@H]1CC[C@H]2[C@@H]3CC=C4C[C@@H](OC(=O)CCCN(C)C)CCC4(C)[C@H]3CC[C@]12C. The van der Waals surface area contributed by atoms with Crippen LogP contribution < -0.4 is 0 Å². The number of nitrogens with zero attached hydrogens (tertiary/aromatic N) is 1. The summed E-state index contributed by atoms with van der Waals surface area (Å²) in [6.07, 6.45) is 18.7. The molecule has 0 aromatic rings. The van der Waals surface area contributed by atoms with E-state index >= 15 is 0 Å². The molecule has 8 atom stereocenters. The predicted molar refractivity (Wildman–Crippen MR) is 151 cm³/mol. The Morgan fingerprint density at radius 1 is 1.03 bits per heavy atom. The highest BCUT2D eigenvalue weighted by Gasteiger charge is 2.59. The molecule has 0 saturated heterocycles. The quantitative estimate of drug-likeness (QED) is 0.224. The molecule has 3 saturated carbocycles. The van der Waals surface area contributed by atoms with Crippen LogP contribution in [0.3, 0.4) is 0 Å². The van der Waals surface area contributed by atoms with Crippen LogP contribution in [0.25, 0.3) is 0 Å². The van der Waals surface area contributed by atoms with Gasteiger partial charge in [-0.1, -0.05) is 65.5 Å². The van der Waals surface area contributed by atoms with Gasteiger partial charge in [0.1, 0.15) is 6.10 Å². The number of carbonyl (C=O) groups excluding carboxylic acids is 1. The van der Waals surface area contributed by atoms with E-state index < -0.39 is 0 Å². The number of fused-ring (bicyclic) bond motifs is 5. The Balaban J connectivity index is 1.37. The van der Waals surface area contributed by atoms with Crippen LogP contribution in [-0.4, -0.2) is 37.6 Å². The molecule has 0 heterocycles. The molecular formula is C33H57NO2. The zero-order chi connectivity index (χ0) is 26.1. The van der Waals surface area contributed by atoms with Crippen molar-refractivity contribution in [2.24, 2.45) is 46.3 Å². The van der Waals surface area contributed by atoms with Crippen LogP contribution >= 0.6 is 0 Å². The van der Waals surface area contributed by atoms with E-state index in [4.69, 9.17) is 4.74 Å². The molecule has 4 aliphatic rings. The van der Waals surface area contributed by atoms with Gasteiger partial charge in [0.05, 0.1) is 0 Å². The minimum atomic E-state index is 0.00711. The fraction of sp³-hybridized carbons (Fsp3) is 0.909. The molecule has 3 fully saturated rings. The van der Waals surface area contributed by atoms with Crippen LogP contribution in [0.5, 0.6) is 0 Å². The van der Waals surface area contributed by atoms with E-state index in [0.717, 1.165) is 61.3 Å². The van der Waals surface area contributed by atoms with Gasteiger partial charge in [0, 0.05) is 12.8 Å². The highest BCUT2D eigenvalue weighted by atomic mass is 16.5. The number of hydrogen-bond donors (Lipinski definition) is 0. The number of rotatable bonds is 10. The van der Waals surface area contributed by atoms with Gasteiger partial charge in [-0.15, -0.1) is 0 Å². The molecular weight excluding hydrogens is 442 g/mol. The molecule has 0 amide bonds. The van der Waals surface area contributed by atoms with Crippen molar-refractivity contribution in [2.45, 2.75) is 124 Å². The van der Waals surface area contributed by atoms with Crippen LogP contribution in [0.4, 0.5) is 0 Å². The predicted octanol–water partition coefficient (Wildman–Crippen LogP) is 8.28. The van der Waals surface area contributed by atoms with Crippen molar-refractivity contribution < 1.29 is 9.53 Å². The molecule has 0 aliphatic heterocycles. The Labute approximate surface area is 223 Å². The van der Waals surface area contributed by atoms with Crippen molar-refractivity contribution in [3.8, 4) is 0 Å². The lowest BCUT2D eigenvalue weighted by Crippen LogP contribution is -2.51. The van der Waals surface area contributed by atoms with Gasteiger partial charge in [0.15, 0.2) is 0 Å². The van der Waals surface area contributed by atoms with E-state index in [2.05, 4.69) is 59.7 Å². The summed E-state index contributed by atoms with van der Waals surface area (Å²) in [4.78, 5) is 14.6. The number of allylic oxidation sites excluding steroid dienone is 1. The Hall–Kier alpha value is -0.830.